The van der Waals surface area contributed by atoms with Gasteiger partial charge in [-0.25, -0.2) is 14.4 Å². The van der Waals surface area contributed by atoms with E-state index >= 15 is 0 Å². The molecule has 0 radical (unpaired) electrons. The van der Waals surface area contributed by atoms with Gasteiger partial charge >= 0.3 is 0 Å². The van der Waals surface area contributed by atoms with E-state index in [0.717, 1.165) is 13.1 Å². The molecule has 200 valence electrons. The minimum Gasteiger partial charge on any atom is -0.491 e. The average Bonchev–Trinajstić information content (AvgIpc) is 2.88. The number of likely N-dealkylation sites (tertiary alicyclic amines) is 1. The van der Waals surface area contributed by atoms with Crippen LogP contribution in [0.25, 0.3) is 10.9 Å². The fraction of sp³-hybridized carbons (Fsp3) is 0.393. The normalized spacial score (nSPS) is 17.6. The summed E-state index contributed by atoms with van der Waals surface area (Å²) in [5, 5.41) is 7.37. The Morgan fingerprint density at radius 3 is 2.79 bits per heavy atom. The third-order valence-electron chi connectivity index (χ3n) is 7.50. The zero-order chi connectivity index (χ0) is 26.7. The van der Waals surface area contributed by atoms with Crippen LogP contribution in [0.3, 0.4) is 0 Å². The molecule has 1 saturated heterocycles. The first-order valence-electron chi connectivity index (χ1n) is 12.7. The van der Waals surface area contributed by atoms with E-state index in [1.165, 1.54) is 50.2 Å². The molecule has 2 aromatic carbocycles. The number of benzene rings is 2. The number of aromatic nitrogens is 2. The molecule has 3 aromatic rings. The number of nitrogens with one attached hydrogen (secondary N) is 2. The Bertz CT molecular complexity index is 1350. The standard InChI is InChI=1S/C28H30BrClFN5O2/c1-36-9-6-28(7-10-36)14-18(15-28)16-38-25-13-23-20(12-24(25)35-26(37)3-2-8-29)27(33-17-32-23)34-19-4-5-22(31)21(30)11-19/h2-5,11-13,17-18H,6-10,14-16H2,1H3,(H,35,37)(H,32,33,34)/b3-2+. The number of ether oxygens (including phenoxy) is 1. The first kappa shape index (κ1) is 26.8. The molecule has 0 unspecified atom stereocenters. The van der Waals surface area contributed by atoms with Gasteiger partial charge in [0, 0.05) is 28.5 Å². The quantitative estimate of drug-likeness (QED) is 0.225. The first-order chi connectivity index (χ1) is 18.3. The molecular weight excluding hydrogens is 573 g/mol. The molecule has 2 fully saturated rings. The van der Waals surface area contributed by atoms with Crippen molar-refractivity contribution in [1.82, 2.24) is 14.9 Å². The van der Waals surface area contributed by atoms with Crippen LogP contribution < -0.4 is 15.4 Å². The van der Waals surface area contributed by atoms with Crippen LogP contribution in [0.15, 0.2) is 48.8 Å². The Hall–Kier alpha value is -2.75. The molecule has 1 spiro atoms. The van der Waals surface area contributed by atoms with Gasteiger partial charge in [-0.3, -0.25) is 4.79 Å². The number of nitrogens with zero attached hydrogens (tertiary/aromatic N) is 3. The van der Waals surface area contributed by atoms with E-state index in [0.29, 0.717) is 57.1 Å². The van der Waals surface area contributed by atoms with Crippen molar-refractivity contribution in [2.24, 2.45) is 11.3 Å². The number of anilines is 3. The molecule has 2 N–H and O–H groups in total. The second-order valence-corrected chi connectivity index (χ2v) is 11.3. The smallest absolute Gasteiger partial charge is 0.248 e. The summed E-state index contributed by atoms with van der Waals surface area (Å²) in [5.74, 6) is 0.799. The van der Waals surface area contributed by atoms with Gasteiger partial charge in [0.2, 0.25) is 5.91 Å². The number of rotatable bonds is 8. The molecule has 1 aromatic heterocycles. The molecule has 0 atom stereocenters. The highest BCUT2D eigenvalue weighted by molar-refractivity contribution is 9.09. The highest BCUT2D eigenvalue weighted by Gasteiger charge is 2.45. The fourth-order valence-corrected chi connectivity index (χ4v) is 5.80. The van der Waals surface area contributed by atoms with Crippen molar-refractivity contribution in [3.05, 3.63) is 59.7 Å². The van der Waals surface area contributed by atoms with Crippen LogP contribution in [0.4, 0.5) is 21.6 Å². The van der Waals surface area contributed by atoms with E-state index in [1.807, 2.05) is 6.07 Å². The predicted molar refractivity (Wildman–Crippen MR) is 153 cm³/mol. The lowest BCUT2D eigenvalue weighted by Gasteiger charge is -2.51. The summed E-state index contributed by atoms with van der Waals surface area (Å²) in [7, 11) is 2.19. The van der Waals surface area contributed by atoms with Crippen LogP contribution in [0.2, 0.25) is 5.02 Å². The van der Waals surface area contributed by atoms with Crippen molar-refractivity contribution in [3.8, 4) is 5.75 Å². The molecule has 1 saturated carbocycles. The maximum absolute atomic E-state index is 13.6. The Kier molecular flexibility index (Phi) is 8.16. The van der Waals surface area contributed by atoms with Crippen molar-refractivity contribution in [2.45, 2.75) is 25.7 Å². The number of hydrogen-bond acceptors (Lipinski definition) is 6. The lowest BCUT2D eigenvalue weighted by atomic mass is 9.58. The molecule has 0 bridgehead atoms. The summed E-state index contributed by atoms with van der Waals surface area (Å²) in [4.78, 5) is 23.8. The maximum Gasteiger partial charge on any atom is 0.248 e. The zero-order valence-electron chi connectivity index (χ0n) is 21.1. The van der Waals surface area contributed by atoms with Crippen molar-refractivity contribution in [2.75, 3.05) is 42.7 Å². The molecule has 1 aliphatic heterocycles. The van der Waals surface area contributed by atoms with Crippen LogP contribution >= 0.6 is 27.5 Å². The molecular formula is C28H30BrClFN5O2. The monoisotopic (exact) mass is 601 g/mol. The van der Waals surface area contributed by atoms with Gasteiger partial charge in [0.1, 0.15) is 23.7 Å². The minimum absolute atomic E-state index is 0.00796. The number of halogens is 3. The lowest BCUT2D eigenvalue weighted by molar-refractivity contribution is -0.111. The van der Waals surface area contributed by atoms with Gasteiger partial charge < -0.3 is 20.3 Å². The third-order valence-corrected chi connectivity index (χ3v) is 8.16. The zero-order valence-corrected chi connectivity index (χ0v) is 23.5. The van der Waals surface area contributed by atoms with Crippen molar-refractivity contribution in [3.63, 3.8) is 0 Å². The molecule has 2 aliphatic rings. The van der Waals surface area contributed by atoms with E-state index in [1.54, 1.807) is 18.2 Å². The highest BCUT2D eigenvalue weighted by atomic mass is 79.9. The van der Waals surface area contributed by atoms with Gasteiger partial charge in [-0.1, -0.05) is 33.6 Å². The summed E-state index contributed by atoms with van der Waals surface area (Å²) < 4.78 is 19.9. The van der Waals surface area contributed by atoms with E-state index in [9.17, 15) is 9.18 Å². The van der Waals surface area contributed by atoms with Gasteiger partial charge in [0.25, 0.3) is 0 Å². The number of carbonyl (C=O) groups is 1. The maximum atomic E-state index is 13.6. The molecule has 1 aliphatic carbocycles. The van der Waals surface area contributed by atoms with Crippen LogP contribution in [-0.2, 0) is 4.79 Å². The first-order valence-corrected chi connectivity index (χ1v) is 14.2. The molecule has 7 nitrogen and oxygen atoms in total. The summed E-state index contributed by atoms with van der Waals surface area (Å²) in [6, 6.07) is 7.99. The Labute approximate surface area is 234 Å². The van der Waals surface area contributed by atoms with Crippen molar-refractivity contribution < 1.29 is 13.9 Å². The second-order valence-electron chi connectivity index (χ2n) is 10.3. The van der Waals surface area contributed by atoms with Gasteiger partial charge in [0.15, 0.2) is 0 Å². The largest absolute Gasteiger partial charge is 0.491 e. The molecule has 2 heterocycles. The van der Waals surface area contributed by atoms with Gasteiger partial charge in [0.05, 0.1) is 22.8 Å². The summed E-state index contributed by atoms with van der Waals surface area (Å²) >= 11 is 9.25. The molecule has 38 heavy (non-hydrogen) atoms. The third kappa shape index (κ3) is 6.11. The van der Waals surface area contributed by atoms with Crippen molar-refractivity contribution in [1.29, 1.82) is 0 Å². The SMILES string of the molecule is CN1CCC2(CC1)CC(COc1cc3ncnc(Nc4ccc(F)c(Cl)c4)c3cc1NC(=O)/C=C/CBr)C2. The Balaban J connectivity index is 1.38. The van der Waals surface area contributed by atoms with Crippen LogP contribution in [0, 0.1) is 17.2 Å². The topological polar surface area (TPSA) is 79.4 Å². The number of carbonyl (C=O) groups excluding carboxylic acids is 1. The number of hydrogen-bond donors (Lipinski definition) is 2. The second kappa shape index (κ2) is 11.6. The van der Waals surface area contributed by atoms with Gasteiger partial charge in [-0.15, -0.1) is 0 Å². The van der Waals surface area contributed by atoms with E-state index in [4.69, 9.17) is 16.3 Å². The van der Waals surface area contributed by atoms with Crippen LogP contribution in [0.1, 0.15) is 25.7 Å². The molecule has 1 amide bonds. The van der Waals surface area contributed by atoms with Gasteiger partial charge in [-0.2, -0.15) is 0 Å². The Morgan fingerprint density at radius 1 is 1.26 bits per heavy atom. The summed E-state index contributed by atoms with van der Waals surface area (Å²) in [5.41, 5.74) is 2.24. The lowest BCUT2D eigenvalue weighted by Crippen LogP contribution is -2.47. The predicted octanol–water partition coefficient (Wildman–Crippen LogP) is 6.56. The molecule has 10 heteroatoms. The number of allylic oxidation sites excluding steroid dienone is 1. The van der Waals surface area contributed by atoms with E-state index in [2.05, 4.69) is 48.5 Å². The van der Waals surface area contributed by atoms with Crippen LogP contribution in [0.5, 0.6) is 5.75 Å². The molecule has 5 rings (SSSR count). The van der Waals surface area contributed by atoms with Crippen LogP contribution in [-0.4, -0.2) is 52.8 Å². The minimum atomic E-state index is -0.499. The average molecular weight is 603 g/mol. The highest BCUT2D eigenvalue weighted by Crippen LogP contribution is 2.52. The van der Waals surface area contributed by atoms with Gasteiger partial charge in [-0.05, 0) is 81.4 Å². The van der Waals surface area contributed by atoms with E-state index in [-0.39, 0.29) is 10.9 Å². The number of fused-ring (bicyclic) bond motifs is 1. The fourth-order valence-electron chi connectivity index (χ4n) is 5.43. The summed E-state index contributed by atoms with van der Waals surface area (Å²) in [6.45, 7) is 2.92. The van der Waals surface area contributed by atoms with E-state index < -0.39 is 5.82 Å². The van der Waals surface area contributed by atoms with Crippen molar-refractivity contribution >= 4 is 61.5 Å². The Morgan fingerprint density at radius 2 is 2.05 bits per heavy atom. The summed E-state index contributed by atoms with van der Waals surface area (Å²) in [6.07, 6.45) is 9.51. The number of alkyl halides is 1. The number of amides is 1. The number of piperidine rings is 1.